The summed E-state index contributed by atoms with van der Waals surface area (Å²) in [6.45, 7) is -0.284. The quantitative estimate of drug-likeness (QED) is 0.418. The fraction of sp³-hybridized carbons (Fsp3) is 0.105. The summed E-state index contributed by atoms with van der Waals surface area (Å²) >= 11 is 0. The van der Waals surface area contributed by atoms with Gasteiger partial charge < -0.3 is 13.9 Å². The van der Waals surface area contributed by atoms with Crippen molar-refractivity contribution < 1.29 is 18.7 Å². The molecule has 0 aliphatic rings. The van der Waals surface area contributed by atoms with Crippen molar-refractivity contribution in [3.8, 4) is 11.5 Å². The van der Waals surface area contributed by atoms with E-state index in [4.69, 9.17) is 13.9 Å². The number of nitrogens with one attached hydrogen (secondary N) is 1. The molecule has 132 valence electrons. The van der Waals surface area contributed by atoms with Crippen molar-refractivity contribution in [2.75, 3.05) is 13.7 Å². The zero-order valence-electron chi connectivity index (χ0n) is 14.0. The summed E-state index contributed by atoms with van der Waals surface area (Å²) in [5.74, 6) is 0.567. The molecule has 0 aliphatic heterocycles. The van der Waals surface area contributed by atoms with Gasteiger partial charge in [0.1, 0.15) is 17.1 Å². The van der Waals surface area contributed by atoms with Crippen LogP contribution in [0.2, 0.25) is 0 Å². The second-order valence-electron chi connectivity index (χ2n) is 5.28. The van der Waals surface area contributed by atoms with Gasteiger partial charge in [0, 0.05) is 0 Å². The number of hydrogen-bond acceptors (Lipinski definition) is 6. The third kappa shape index (κ3) is 4.27. The third-order valence-electron chi connectivity index (χ3n) is 3.49. The summed E-state index contributed by atoms with van der Waals surface area (Å²) in [4.78, 5) is 23.4. The number of carbonyl (C=O) groups excluding carboxylic acids is 1. The third-order valence-corrected chi connectivity index (χ3v) is 3.49. The molecule has 0 atom stereocenters. The molecule has 0 radical (unpaired) electrons. The van der Waals surface area contributed by atoms with Gasteiger partial charge >= 0.3 is 5.63 Å². The first-order chi connectivity index (χ1) is 12.7. The van der Waals surface area contributed by atoms with Crippen LogP contribution in [0.15, 0.2) is 68.9 Å². The van der Waals surface area contributed by atoms with Crippen molar-refractivity contribution in [1.82, 2.24) is 5.43 Å². The van der Waals surface area contributed by atoms with Crippen LogP contribution in [-0.4, -0.2) is 25.8 Å². The molecule has 0 saturated carbocycles. The van der Waals surface area contributed by atoms with E-state index in [1.54, 1.807) is 55.6 Å². The van der Waals surface area contributed by atoms with Gasteiger partial charge in [-0.25, -0.2) is 10.2 Å². The zero-order valence-corrected chi connectivity index (χ0v) is 14.0. The standard InChI is InChI=1S/C19H16N2O5/c1-24-14-8-6-13(7-9-14)11-20-21-18(22)12-25-17-10-19(23)26-16-5-3-2-4-15(16)17/h2-11H,12H2,1H3,(H,21,22). The molecule has 0 saturated heterocycles. The Bertz CT molecular complexity index is 993. The Balaban J connectivity index is 1.59. The lowest BCUT2D eigenvalue weighted by molar-refractivity contribution is -0.123. The molecule has 3 aromatic rings. The van der Waals surface area contributed by atoms with Crippen LogP contribution in [0.25, 0.3) is 11.0 Å². The molecule has 1 N–H and O–H groups in total. The molecule has 26 heavy (non-hydrogen) atoms. The lowest BCUT2D eigenvalue weighted by Crippen LogP contribution is -2.24. The first-order valence-corrected chi connectivity index (χ1v) is 7.77. The molecule has 0 fully saturated rings. The lowest BCUT2D eigenvalue weighted by atomic mass is 10.2. The summed E-state index contributed by atoms with van der Waals surface area (Å²) in [5, 5.41) is 4.48. The van der Waals surface area contributed by atoms with E-state index < -0.39 is 11.5 Å². The number of methoxy groups -OCH3 is 1. The van der Waals surface area contributed by atoms with Crippen LogP contribution in [0, 0.1) is 0 Å². The van der Waals surface area contributed by atoms with Crippen molar-refractivity contribution in [2.24, 2.45) is 5.10 Å². The number of hydrogen-bond donors (Lipinski definition) is 1. The predicted octanol–water partition coefficient (Wildman–Crippen LogP) is 2.33. The van der Waals surface area contributed by atoms with Crippen LogP contribution in [0.1, 0.15) is 5.56 Å². The highest BCUT2D eigenvalue weighted by atomic mass is 16.5. The van der Waals surface area contributed by atoms with E-state index in [-0.39, 0.29) is 12.4 Å². The minimum atomic E-state index is -0.545. The van der Waals surface area contributed by atoms with Gasteiger partial charge in [-0.2, -0.15) is 5.10 Å². The average molecular weight is 352 g/mol. The maximum atomic E-state index is 11.9. The van der Waals surface area contributed by atoms with E-state index in [2.05, 4.69) is 10.5 Å². The summed E-state index contributed by atoms with van der Waals surface area (Å²) in [7, 11) is 1.59. The first-order valence-electron chi connectivity index (χ1n) is 7.77. The Labute approximate surface area is 148 Å². The number of para-hydroxylation sites is 1. The fourth-order valence-electron chi connectivity index (χ4n) is 2.25. The van der Waals surface area contributed by atoms with Crippen LogP contribution in [0.3, 0.4) is 0 Å². The van der Waals surface area contributed by atoms with Crippen LogP contribution < -0.4 is 20.5 Å². The van der Waals surface area contributed by atoms with E-state index in [1.807, 2.05) is 0 Å². The highest BCUT2D eigenvalue weighted by Crippen LogP contribution is 2.22. The van der Waals surface area contributed by atoms with Crippen molar-refractivity contribution in [3.05, 3.63) is 70.6 Å². The number of fused-ring (bicyclic) bond motifs is 1. The summed E-state index contributed by atoms with van der Waals surface area (Å²) < 4.78 is 15.6. The Hall–Kier alpha value is -3.61. The van der Waals surface area contributed by atoms with E-state index >= 15 is 0 Å². The van der Waals surface area contributed by atoms with Gasteiger partial charge in [0.15, 0.2) is 6.61 Å². The summed E-state index contributed by atoms with van der Waals surface area (Å²) in [5.41, 5.74) is 3.02. The van der Waals surface area contributed by atoms with Crippen molar-refractivity contribution in [2.45, 2.75) is 0 Å². The van der Waals surface area contributed by atoms with Gasteiger partial charge in [0.2, 0.25) is 0 Å². The van der Waals surface area contributed by atoms with Gasteiger partial charge in [-0.3, -0.25) is 4.79 Å². The van der Waals surface area contributed by atoms with E-state index in [0.29, 0.717) is 11.0 Å². The van der Waals surface area contributed by atoms with E-state index in [9.17, 15) is 9.59 Å². The fourth-order valence-corrected chi connectivity index (χ4v) is 2.25. The predicted molar refractivity (Wildman–Crippen MR) is 96.7 cm³/mol. The van der Waals surface area contributed by atoms with Gasteiger partial charge in [-0.1, -0.05) is 12.1 Å². The normalized spacial score (nSPS) is 10.8. The minimum absolute atomic E-state index is 0.283. The number of hydrazone groups is 1. The molecule has 1 aromatic heterocycles. The first kappa shape index (κ1) is 17.2. The van der Waals surface area contributed by atoms with Crippen LogP contribution in [0.5, 0.6) is 11.5 Å². The molecule has 7 nitrogen and oxygen atoms in total. The second kappa shape index (κ2) is 7.98. The molecule has 1 amide bonds. The van der Waals surface area contributed by atoms with Crippen molar-refractivity contribution in [3.63, 3.8) is 0 Å². The van der Waals surface area contributed by atoms with Crippen LogP contribution in [0.4, 0.5) is 0 Å². The molecule has 0 aliphatic carbocycles. The monoisotopic (exact) mass is 352 g/mol. The van der Waals surface area contributed by atoms with Gasteiger partial charge in [0.05, 0.1) is 24.8 Å². The van der Waals surface area contributed by atoms with Crippen LogP contribution in [-0.2, 0) is 4.79 Å². The van der Waals surface area contributed by atoms with Crippen LogP contribution >= 0.6 is 0 Å². The molecular weight excluding hydrogens is 336 g/mol. The van der Waals surface area contributed by atoms with Gasteiger partial charge in [-0.15, -0.1) is 0 Å². The highest BCUT2D eigenvalue weighted by molar-refractivity contribution is 5.85. The highest BCUT2D eigenvalue weighted by Gasteiger charge is 2.08. The van der Waals surface area contributed by atoms with Crippen molar-refractivity contribution >= 4 is 23.1 Å². The molecule has 0 unspecified atom stereocenters. The van der Waals surface area contributed by atoms with E-state index in [1.165, 1.54) is 12.3 Å². The maximum absolute atomic E-state index is 11.9. The molecule has 3 rings (SSSR count). The summed E-state index contributed by atoms with van der Waals surface area (Å²) in [6.07, 6.45) is 1.50. The molecule has 1 heterocycles. The number of carbonyl (C=O) groups is 1. The average Bonchev–Trinajstić information content (AvgIpc) is 2.66. The Morgan fingerprint density at radius 3 is 2.73 bits per heavy atom. The molecule has 0 spiro atoms. The molecule has 0 bridgehead atoms. The zero-order chi connectivity index (χ0) is 18.4. The van der Waals surface area contributed by atoms with Crippen molar-refractivity contribution in [1.29, 1.82) is 0 Å². The molecule has 7 heteroatoms. The number of rotatable bonds is 6. The lowest BCUT2D eigenvalue weighted by Gasteiger charge is -2.07. The second-order valence-corrected chi connectivity index (χ2v) is 5.28. The topological polar surface area (TPSA) is 90.1 Å². The number of ether oxygens (including phenoxy) is 2. The largest absolute Gasteiger partial charge is 0.497 e. The number of nitrogens with zero attached hydrogens (tertiary/aromatic N) is 1. The van der Waals surface area contributed by atoms with E-state index in [0.717, 1.165) is 11.3 Å². The smallest absolute Gasteiger partial charge is 0.339 e. The molecular formula is C19H16N2O5. The van der Waals surface area contributed by atoms with Gasteiger partial charge in [-0.05, 0) is 42.0 Å². The number of benzene rings is 2. The Morgan fingerprint density at radius 1 is 1.19 bits per heavy atom. The Kier molecular flexibility index (Phi) is 5.28. The SMILES string of the molecule is COc1ccc(C=NNC(=O)COc2cc(=O)oc3ccccc23)cc1. The Morgan fingerprint density at radius 2 is 1.96 bits per heavy atom. The molecule has 2 aromatic carbocycles. The van der Waals surface area contributed by atoms with Gasteiger partial charge in [0.25, 0.3) is 5.91 Å². The minimum Gasteiger partial charge on any atom is -0.497 e. The number of amides is 1. The summed E-state index contributed by atoms with van der Waals surface area (Å²) in [6, 6.07) is 15.3. The maximum Gasteiger partial charge on any atom is 0.339 e.